The Morgan fingerprint density at radius 1 is 1.31 bits per heavy atom. The Labute approximate surface area is 204 Å². The van der Waals surface area contributed by atoms with Crippen molar-refractivity contribution in [3.05, 3.63) is 53.0 Å². The SMILES string of the molecule is CCC(C)(N)C1=CNC(OCC(C)(F)F)c2cnc(NC3C=CC4=C(N3)[C@@H](C)[C@H](C)OC4=O)cc21. The van der Waals surface area contributed by atoms with Crippen LogP contribution in [0.5, 0.6) is 0 Å². The number of hydrogen-bond donors (Lipinski definition) is 4. The lowest BCUT2D eigenvalue weighted by Crippen LogP contribution is -2.45. The second-order valence-electron chi connectivity index (χ2n) is 9.77. The lowest BCUT2D eigenvalue weighted by molar-refractivity contribution is -0.146. The van der Waals surface area contributed by atoms with E-state index in [1.807, 2.05) is 39.8 Å². The monoisotopic (exact) mass is 489 g/mol. The largest absolute Gasteiger partial charge is 0.458 e. The Morgan fingerprint density at radius 3 is 2.74 bits per heavy atom. The summed E-state index contributed by atoms with van der Waals surface area (Å²) in [4.78, 5) is 16.7. The number of ether oxygens (including phenoxy) is 2. The number of dihydropyridines is 1. The van der Waals surface area contributed by atoms with Gasteiger partial charge in [-0.05, 0) is 49.6 Å². The molecule has 4 heterocycles. The number of cyclic esters (lactones) is 1. The second kappa shape index (κ2) is 9.23. The first-order chi connectivity index (χ1) is 16.4. The van der Waals surface area contributed by atoms with Crippen LogP contribution in [0.1, 0.15) is 58.4 Å². The number of nitrogens with one attached hydrogen (secondary N) is 3. The highest BCUT2D eigenvalue weighted by Gasteiger charge is 2.35. The van der Waals surface area contributed by atoms with E-state index in [-0.39, 0.29) is 24.2 Å². The molecule has 3 aliphatic heterocycles. The van der Waals surface area contributed by atoms with E-state index in [1.165, 1.54) is 0 Å². The van der Waals surface area contributed by atoms with Crippen LogP contribution < -0.4 is 21.7 Å². The third-order valence-electron chi connectivity index (χ3n) is 6.77. The van der Waals surface area contributed by atoms with Gasteiger partial charge >= 0.3 is 5.97 Å². The highest BCUT2D eigenvalue weighted by atomic mass is 19.3. The van der Waals surface area contributed by atoms with Crippen LogP contribution in [0.2, 0.25) is 0 Å². The summed E-state index contributed by atoms with van der Waals surface area (Å²) in [6, 6.07) is 1.85. The van der Waals surface area contributed by atoms with E-state index in [9.17, 15) is 13.6 Å². The number of anilines is 1. The van der Waals surface area contributed by atoms with Gasteiger partial charge in [0.2, 0.25) is 0 Å². The molecule has 190 valence electrons. The quantitative estimate of drug-likeness (QED) is 0.431. The number of rotatable bonds is 7. The Morgan fingerprint density at radius 2 is 2.06 bits per heavy atom. The molecule has 0 amide bonds. The molecule has 10 heteroatoms. The van der Waals surface area contributed by atoms with E-state index in [2.05, 4.69) is 20.9 Å². The predicted octanol–water partition coefficient (Wildman–Crippen LogP) is 3.56. The van der Waals surface area contributed by atoms with Crippen LogP contribution in [0.25, 0.3) is 5.57 Å². The lowest BCUT2D eigenvalue weighted by Gasteiger charge is -2.36. The molecule has 4 rings (SSSR count). The van der Waals surface area contributed by atoms with Gasteiger partial charge in [-0.25, -0.2) is 18.6 Å². The summed E-state index contributed by atoms with van der Waals surface area (Å²) < 4.78 is 37.7. The molecule has 0 saturated heterocycles. The van der Waals surface area contributed by atoms with Crippen LogP contribution in [0.4, 0.5) is 14.6 Å². The number of nitrogens with zero attached hydrogens (tertiary/aromatic N) is 1. The third-order valence-corrected chi connectivity index (χ3v) is 6.77. The van der Waals surface area contributed by atoms with Gasteiger partial charge in [-0.3, -0.25) is 0 Å². The van der Waals surface area contributed by atoms with Crippen LogP contribution in [0.15, 0.2) is 41.9 Å². The van der Waals surface area contributed by atoms with Gasteiger partial charge in [0.25, 0.3) is 5.92 Å². The molecule has 5 atom stereocenters. The highest BCUT2D eigenvalue weighted by molar-refractivity contribution is 5.94. The summed E-state index contributed by atoms with van der Waals surface area (Å²) >= 11 is 0. The maximum absolute atomic E-state index is 13.4. The van der Waals surface area contributed by atoms with Crippen LogP contribution >= 0.6 is 0 Å². The minimum absolute atomic E-state index is 0.0196. The van der Waals surface area contributed by atoms with E-state index in [4.69, 9.17) is 15.2 Å². The van der Waals surface area contributed by atoms with E-state index in [1.54, 1.807) is 18.5 Å². The zero-order chi connectivity index (χ0) is 25.5. The van der Waals surface area contributed by atoms with Gasteiger partial charge in [-0.1, -0.05) is 13.8 Å². The molecule has 1 aromatic rings. The molecule has 0 fully saturated rings. The van der Waals surface area contributed by atoms with E-state index < -0.39 is 24.3 Å². The molecule has 0 aromatic carbocycles. The van der Waals surface area contributed by atoms with Crippen molar-refractivity contribution in [1.29, 1.82) is 0 Å². The van der Waals surface area contributed by atoms with Gasteiger partial charge in [0, 0.05) is 42.0 Å². The number of aromatic nitrogens is 1. The van der Waals surface area contributed by atoms with Crippen LogP contribution in [-0.4, -0.2) is 41.3 Å². The molecular weight excluding hydrogens is 456 g/mol. The first-order valence-electron chi connectivity index (χ1n) is 11.8. The molecule has 35 heavy (non-hydrogen) atoms. The fraction of sp³-hybridized carbons (Fsp3) is 0.520. The Hall–Kier alpha value is -2.98. The second-order valence-corrected chi connectivity index (χ2v) is 9.77. The van der Waals surface area contributed by atoms with Crippen LogP contribution in [0, 0.1) is 5.92 Å². The summed E-state index contributed by atoms with van der Waals surface area (Å²) in [6.45, 7) is 7.87. The average Bonchev–Trinajstić information content (AvgIpc) is 2.80. The molecule has 0 radical (unpaired) electrons. The van der Waals surface area contributed by atoms with Gasteiger partial charge in [0.05, 0.1) is 5.57 Å². The molecule has 8 nitrogen and oxygen atoms in total. The maximum Gasteiger partial charge on any atom is 0.340 e. The van der Waals surface area contributed by atoms with Gasteiger partial charge in [-0.15, -0.1) is 0 Å². The van der Waals surface area contributed by atoms with E-state index in [0.717, 1.165) is 23.8 Å². The minimum atomic E-state index is -2.96. The number of halogens is 2. The molecule has 0 saturated carbocycles. The third kappa shape index (κ3) is 5.18. The van der Waals surface area contributed by atoms with Crippen LogP contribution in [0.3, 0.4) is 0 Å². The van der Waals surface area contributed by atoms with E-state index >= 15 is 0 Å². The summed E-state index contributed by atoms with van der Waals surface area (Å²) in [5.74, 6) is -2.72. The number of pyridine rings is 1. The minimum Gasteiger partial charge on any atom is -0.458 e. The molecule has 3 unspecified atom stereocenters. The molecule has 3 aliphatic rings. The zero-order valence-electron chi connectivity index (χ0n) is 20.6. The Bertz CT molecular complexity index is 1090. The van der Waals surface area contributed by atoms with E-state index in [0.29, 0.717) is 23.4 Å². The zero-order valence-corrected chi connectivity index (χ0v) is 20.6. The van der Waals surface area contributed by atoms with Crippen molar-refractivity contribution in [1.82, 2.24) is 15.6 Å². The van der Waals surface area contributed by atoms with Crippen LogP contribution in [-0.2, 0) is 14.3 Å². The lowest BCUT2D eigenvalue weighted by atomic mass is 9.82. The topological polar surface area (TPSA) is 111 Å². The standard InChI is InChI=1S/C25H33F2N5O3/c1-6-24(4,28)18-11-30-22(34-12-25(5,26)27)17-10-29-20(9-16(17)18)31-19-8-7-15-21(32-19)13(2)14(3)35-23(15)33/h7-11,13-14,19,22,30,32H,6,12,28H2,1-5H3,(H,29,31)/t13-,14-,19?,22?,24?/m0/s1. The Kier molecular flexibility index (Phi) is 6.63. The van der Waals surface area contributed by atoms with Crippen molar-refractivity contribution < 1.29 is 23.0 Å². The van der Waals surface area contributed by atoms with Gasteiger partial charge < -0.3 is 31.2 Å². The smallest absolute Gasteiger partial charge is 0.340 e. The van der Waals surface area contributed by atoms with Crippen molar-refractivity contribution >= 4 is 17.4 Å². The first kappa shape index (κ1) is 25.1. The predicted molar refractivity (Wildman–Crippen MR) is 129 cm³/mol. The molecule has 0 bridgehead atoms. The normalized spacial score (nSPS) is 27.5. The molecular formula is C25H33F2N5O3. The first-order valence-corrected chi connectivity index (χ1v) is 11.8. The molecule has 5 N–H and O–H groups in total. The van der Waals surface area contributed by atoms with Gasteiger partial charge in [-0.2, -0.15) is 0 Å². The van der Waals surface area contributed by atoms with Crippen molar-refractivity contribution in [3.8, 4) is 0 Å². The molecule has 0 aliphatic carbocycles. The number of nitrogens with two attached hydrogens (primary N) is 1. The number of esters is 1. The number of hydrogen-bond acceptors (Lipinski definition) is 8. The number of alkyl halides is 2. The fourth-order valence-corrected chi connectivity index (χ4v) is 4.29. The average molecular weight is 490 g/mol. The maximum atomic E-state index is 13.4. The molecule has 1 aromatic heterocycles. The summed E-state index contributed by atoms with van der Waals surface area (Å²) in [5, 5.41) is 9.76. The summed E-state index contributed by atoms with van der Waals surface area (Å²) in [5.41, 5.74) is 9.50. The van der Waals surface area contributed by atoms with Crippen molar-refractivity contribution in [2.24, 2.45) is 11.7 Å². The fourth-order valence-electron chi connectivity index (χ4n) is 4.29. The molecule has 0 spiro atoms. The number of carbonyl (C=O) groups is 1. The van der Waals surface area contributed by atoms with Gasteiger partial charge in [0.1, 0.15) is 24.7 Å². The summed E-state index contributed by atoms with van der Waals surface area (Å²) in [7, 11) is 0. The van der Waals surface area contributed by atoms with Crippen molar-refractivity contribution in [2.45, 2.75) is 71.0 Å². The van der Waals surface area contributed by atoms with Crippen molar-refractivity contribution in [3.63, 3.8) is 0 Å². The van der Waals surface area contributed by atoms with Gasteiger partial charge in [0.15, 0.2) is 6.23 Å². The summed E-state index contributed by atoms with van der Waals surface area (Å²) in [6.07, 6.45) is 6.29. The van der Waals surface area contributed by atoms with Crippen molar-refractivity contribution in [2.75, 3.05) is 11.9 Å². The highest BCUT2D eigenvalue weighted by Crippen LogP contribution is 2.38. The number of carbonyl (C=O) groups excluding carboxylic acids is 1. The number of fused-ring (bicyclic) bond motifs is 1. The Balaban J connectivity index is 1.59.